The van der Waals surface area contributed by atoms with Gasteiger partial charge in [0.05, 0.1) is 5.71 Å². The maximum absolute atomic E-state index is 5.63. The zero-order chi connectivity index (χ0) is 6.15. The lowest BCUT2D eigenvalue weighted by atomic mass is 10.3. The topological polar surface area (TPSA) is 50.7 Å². The minimum absolute atomic E-state index is 0.269. The Kier molecular flexibility index (Phi) is 1.21. The molecule has 0 spiro atoms. The Morgan fingerprint density at radius 2 is 2.25 bits per heavy atom. The summed E-state index contributed by atoms with van der Waals surface area (Å²) in [5.74, 6) is 0.393. The minimum atomic E-state index is -0.269. The van der Waals surface area contributed by atoms with Crippen molar-refractivity contribution in [3.63, 3.8) is 0 Å². The lowest BCUT2D eigenvalue weighted by Crippen LogP contribution is -2.25. The Hall–Kier alpha value is -0.570. The summed E-state index contributed by atoms with van der Waals surface area (Å²) in [5, 5.41) is 6.93. The lowest BCUT2D eigenvalue weighted by molar-refractivity contribution is 1.25. The molecular weight excluding hydrogens is 126 g/mol. The molecule has 0 radical (unpaired) electrons. The molecule has 0 fully saturated rings. The van der Waals surface area contributed by atoms with E-state index in [9.17, 15) is 0 Å². The second-order valence-corrected chi connectivity index (χ2v) is 2.07. The molecule has 1 aliphatic heterocycles. The summed E-state index contributed by atoms with van der Waals surface area (Å²) in [7, 11) is 0. The van der Waals surface area contributed by atoms with Crippen LogP contribution in [0.3, 0.4) is 0 Å². The third-order valence-electron chi connectivity index (χ3n) is 0.950. The summed E-state index contributed by atoms with van der Waals surface area (Å²) in [4.78, 5) is 0. The summed E-state index contributed by atoms with van der Waals surface area (Å²) in [6.45, 7) is 1.79. The van der Waals surface area contributed by atoms with Crippen molar-refractivity contribution in [1.82, 2.24) is 0 Å². The average Bonchev–Trinajstić information content (AvgIpc) is 1.98. The van der Waals surface area contributed by atoms with Crippen molar-refractivity contribution in [2.45, 2.75) is 12.3 Å². The van der Waals surface area contributed by atoms with Crippen LogP contribution >= 0.6 is 11.6 Å². The van der Waals surface area contributed by atoms with Gasteiger partial charge in [-0.25, -0.2) is 0 Å². The zero-order valence-electron chi connectivity index (χ0n) is 4.43. The van der Waals surface area contributed by atoms with Gasteiger partial charge in [-0.05, 0) is 6.92 Å². The predicted octanol–water partition coefficient (Wildman–Crippen LogP) is 0.341. The molecule has 2 N–H and O–H groups in total. The van der Waals surface area contributed by atoms with Crippen LogP contribution in [0.15, 0.2) is 10.2 Å². The second-order valence-electron chi connectivity index (χ2n) is 1.63. The van der Waals surface area contributed by atoms with Crippen molar-refractivity contribution in [2.75, 3.05) is 0 Å². The summed E-state index contributed by atoms with van der Waals surface area (Å²) in [6, 6.07) is 0. The van der Waals surface area contributed by atoms with E-state index in [-0.39, 0.29) is 5.38 Å². The van der Waals surface area contributed by atoms with E-state index in [0.717, 1.165) is 5.71 Å². The molecule has 0 aromatic rings. The van der Waals surface area contributed by atoms with E-state index in [4.69, 9.17) is 17.3 Å². The molecule has 0 amide bonds. The van der Waals surface area contributed by atoms with Crippen molar-refractivity contribution in [2.24, 2.45) is 15.9 Å². The third kappa shape index (κ3) is 0.690. The molecule has 1 rings (SSSR count). The highest BCUT2D eigenvalue weighted by molar-refractivity contribution is 6.44. The van der Waals surface area contributed by atoms with Crippen LogP contribution in [0.25, 0.3) is 0 Å². The first-order valence-electron chi connectivity index (χ1n) is 2.23. The molecule has 0 aliphatic carbocycles. The third-order valence-corrected chi connectivity index (χ3v) is 1.49. The zero-order valence-corrected chi connectivity index (χ0v) is 5.18. The van der Waals surface area contributed by atoms with Crippen LogP contribution in [0, 0.1) is 0 Å². The van der Waals surface area contributed by atoms with Crippen LogP contribution in [0.1, 0.15) is 6.92 Å². The summed E-state index contributed by atoms with van der Waals surface area (Å²) in [6.07, 6.45) is 0. The number of halogens is 1. The molecule has 1 aliphatic rings. The average molecular weight is 132 g/mol. The van der Waals surface area contributed by atoms with Crippen LogP contribution in [0.2, 0.25) is 0 Å². The maximum Gasteiger partial charge on any atom is 0.146 e. The highest BCUT2D eigenvalue weighted by Crippen LogP contribution is 2.05. The molecule has 0 aromatic carbocycles. The molecule has 3 nitrogen and oxygen atoms in total. The summed E-state index contributed by atoms with van der Waals surface area (Å²) < 4.78 is 0. The molecule has 0 bridgehead atoms. The molecule has 1 heterocycles. The van der Waals surface area contributed by atoms with Crippen LogP contribution < -0.4 is 5.73 Å². The Balaban J connectivity index is 2.75. The highest BCUT2D eigenvalue weighted by atomic mass is 35.5. The Labute approximate surface area is 52.2 Å². The number of alkyl halides is 1. The number of rotatable bonds is 0. The van der Waals surface area contributed by atoms with E-state index in [2.05, 4.69) is 10.2 Å². The smallest absolute Gasteiger partial charge is 0.146 e. The molecule has 0 saturated heterocycles. The van der Waals surface area contributed by atoms with Gasteiger partial charge >= 0.3 is 0 Å². The van der Waals surface area contributed by atoms with Gasteiger partial charge in [-0.3, -0.25) is 0 Å². The van der Waals surface area contributed by atoms with Crippen LogP contribution in [0.4, 0.5) is 0 Å². The van der Waals surface area contributed by atoms with E-state index in [1.54, 1.807) is 6.92 Å². The number of amidine groups is 1. The minimum Gasteiger partial charge on any atom is -0.384 e. The first kappa shape index (κ1) is 5.56. The Bertz CT molecular complexity index is 143. The van der Waals surface area contributed by atoms with Crippen LogP contribution in [-0.2, 0) is 0 Å². The first-order valence-corrected chi connectivity index (χ1v) is 2.67. The van der Waals surface area contributed by atoms with Crippen molar-refractivity contribution in [3.05, 3.63) is 0 Å². The Morgan fingerprint density at radius 3 is 2.38 bits per heavy atom. The van der Waals surface area contributed by atoms with Gasteiger partial charge in [0.15, 0.2) is 0 Å². The van der Waals surface area contributed by atoms with Crippen molar-refractivity contribution < 1.29 is 0 Å². The van der Waals surface area contributed by atoms with Crippen LogP contribution in [0.5, 0.6) is 0 Å². The Morgan fingerprint density at radius 1 is 1.62 bits per heavy atom. The van der Waals surface area contributed by atoms with Crippen molar-refractivity contribution >= 4 is 23.1 Å². The second kappa shape index (κ2) is 1.74. The van der Waals surface area contributed by atoms with Gasteiger partial charge in [-0.2, -0.15) is 5.10 Å². The lowest BCUT2D eigenvalue weighted by Gasteiger charge is -1.95. The fourth-order valence-corrected chi connectivity index (χ4v) is 0.539. The van der Waals surface area contributed by atoms with Gasteiger partial charge in [-0.1, -0.05) is 0 Å². The fraction of sp³-hybridized carbons (Fsp3) is 0.500. The van der Waals surface area contributed by atoms with Crippen molar-refractivity contribution in [3.8, 4) is 0 Å². The predicted molar refractivity (Wildman–Crippen MR) is 34.4 cm³/mol. The highest BCUT2D eigenvalue weighted by Gasteiger charge is 2.17. The number of hydrogen-bond donors (Lipinski definition) is 1. The molecule has 44 valence electrons. The molecule has 0 saturated carbocycles. The monoisotopic (exact) mass is 131 g/mol. The van der Waals surface area contributed by atoms with Crippen LogP contribution in [-0.4, -0.2) is 16.9 Å². The summed E-state index contributed by atoms with van der Waals surface area (Å²) in [5.41, 5.74) is 6.04. The van der Waals surface area contributed by atoms with Gasteiger partial charge < -0.3 is 5.73 Å². The van der Waals surface area contributed by atoms with Gasteiger partial charge in [0.2, 0.25) is 0 Å². The number of nitrogens with two attached hydrogens (primary N) is 1. The molecule has 8 heavy (non-hydrogen) atoms. The molecule has 0 unspecified atom stereocenters. The maximum atomic E-state index is 5.63. The quantitative estimate of drug-likeness (QED) is 0.474. The number of hydrogen-bond acceptors (Lipinski definition) is 3. The SMILES string of the molecule is CC1=NN=C(N)[C@@H]1Cl. The van der Waals surface area contributed by atoms with Gasteiger partial charge in [0.1, 0.15) is 11.2 Å². The van der Waals surface area contributed by atoms with E-state index in [0.29, 0.717) is 5.84 Å². The van der Waals surface area contributed by atoms with Gasteiger partial charge in [-0.15, -0.1) is 16.7 Å². The first-order chi connectivity index (χ1) is 3.72. The molecule has 4 heteroatoms. The number of nitrogens with zero attached hydrogens (tertiary/aromatic N) is 2. The van der Waals surface area contributed by atoms with Gasteiger partial charge in [0, 0.05) is 0 Å². The largest absolute Gasteiger partial charge is 0.384 e. The normalized spacial score (nSPS) is 27.5. The van der Waals surface area contributed by atoms with Gasteiger partial charge in [0.25, 0.3) is 0 Å². The molecule has 0 aromatic heterocycles. The fourth-order valence-electron chi connectivity index (χ4n) is 0.452. The molecule has 1 atom stereocenters. The van der Waals surface area contributed by atoms with Crippen molar-refractivity contribution in [1.29, 1.82) is 0 Å². The standard InChI is InChI=1S/C4H6ClN3/c1-2-3(5)4(6)8-7-2/h3H,1H3,(H2,6,8)/t3-/m1/s1. The van der Waals surface area contributed by atoms with E-state index in [1.165, 1.54) is 0 Å². The van der Waals surface area contributed by atoms with E-state index < -0.39 is 0 Å². The van der Waals surface area contributed by atoms with E-state index >= 15 is 0 Å². The molecular formula is C4H6ClN3. The van der Waals surface area contributed by atoms with E-state index in [1.807, 2.05) is 0 Å². The summed E-state index contributed by atoms with van der Waals surface area (Å²) >= 11 is 5.63.